The monoisotopic (exact) mass is 237 g/mol. The van der Waals surface area contributed by atoms with Crippen LogP contribution in [0.5, 0.6) is 5.88 Å². The Balaban J connectivity index is 3.10. The summed E-state index contributed by atoms with van der Waals surface area (Å²) in [7, 11) is 0. The molecule has 5 N–H and O–H groups in total. The summed E-state index contributed by atoms with van der Waals surface area (Å²) in [6.45, 7) is -0.519. The van der Waals surface area contributed by atoms with Crippen LogP contribution in [0.2, 0.25) is 0 Å². The Morgan fingerprint density at radius 1 is 1.44 bits per heavy atom. The highest BCUT2D eigenvalue weighted by Crippen LogP contribution is 2.25. The molecule has 1 aromatic rings. The van der Waals surface area contributed by atoms with Gasteiger partial charge in [0.15, 0.2) is 0 Å². The molecule has 0 bridgehead atoms. The van der Waals surface area contributed by atoms with Gasteiger partial charge in [-0.05, 0) is 5.56 Å². The molecule has 0 aliphatic rings. The number of rotatable bonds is 3. The van der Waals surface area contributed by atoms with E-state index in [0.29, 0.717) is 0 Å². The molecule has 1 heterocycles. The predicted molar refractivity (Wildman–Crippen MR) is 49.1 cm³/mol. The Hall–Kier alpha value is -1.54. The van der Waals surface area contributed by atoms with Crippen LogP contribution < -0.4 is 16.2 Å². The van der Waals surface area contributed by atoms with Gasteiger partial charge in [-0.25, -0.2) is 0 Å². The first-order chi connectivity index (χ1) is 7.37. The van der Waals surface area contributed by atoms with E-state index in [1.165, 1.54) is 0 Å². The van der Waals surface area contributed by atoms with Crippen LogP contribution in [0.3, 0.4) is 0 Å². The van der Waals surface area contributed by atoms with Gasteiger partial charge in [-0.3, -0.25) is 0 Å². The third-order valence-electron chi connectivity index (χ3n) is 1.82. The van der Waals surface area contributed by atoms with E-state index in [1.807, 2.05) is 0 Å². The van der Waals surface area contributed by atoms with Crippen molar-refractivity contribution in [2.75, 3.05) is 5.73 Å². The first-order valence-corrected chi connectivity index (χ1v) is 4.22. The number of hydrogen-bond acceptors (Lipinski definition) is 5. The standard InChI is InChI=1S/C8H10F3N3O2/c9-8(10,11)16-6-1-4(2-12)5(3-15)7(13)14-6/h1,15H,2-3,12H2,(H2,13,14). The molecule has 90 valence electrons. The summed E-state index contributed by atoms with van der Waals surface area (Å²) < 4.78 is 39.3. The Morgan fingerprint density at radius 2 is 2.06 bits per heavy atom. The summed E-state index contributed by atoms with van der Waals surface area (Å²) >= 11 is 0. The summed E-state index contributed by atoms with van der Waals surface area (Å²) in [5, 5.41) is 8.92. The number of aromatic nitrogens is 1. The van der Waals surface area contributed by atoms with Crippen molar-refractivity contribution < 1.29 is 23.0 Å². The van der Waals surface area contributed by atoms with Crippen molar-refractivity contribution in [2.24, 2.45) is 5.73 Å². The highest BCUT2D eigenvalue weighted by Gasteiger charge is 2.32. The predicted octanol–water partition coefficient (Wildman–Crippen LogP) is 0.513. The molecular formula is C8H10F3N3O2. The third-order valence-corrected chi connectivity index (χ3v) is 1.82. The summed E-state index contributed by atoms with van der Waals surface area (Å²) in [6.07, 6.45) is -4.84. The number of hydrogen-bond donors (Lipinski definition) is 3. The average Bonchev–Trinajstić information content (AvgIpc) is 2.14. The molecule has 0 aliphatic heterocycles. The van der Waals surface area contributed by atoms with Crippen molar-refractivity contribution in [3.8, 4) is 5.88 Å². The molecule has 8 heteroatoms. The number of ether oxygens (including phenoxy) is 1. The van der Waals surface area contributed by atoms with Gasteiger partial charge in [0.05, 0.1) is 6.61 Å². The van der Waals surface area contributed by atoms with Gasteiger partial charge in [-0.1, -0.05) is 0 Å². The number of aliphatic hydroxyl groups is 1. The topological polar surface area (TPSA) is 94.4 Å². The van der Waals surface area contributed by atoms with E-state index in [2.05, 4.69) is 9.72 Å². The van der Waals surface area contributed by atoms with E-state index >= 15 is 0 Å². The van der Waals surface area contributed by atoms with Crippen LogP contribution in [-0.2, 0) is 13.2 Å². The summed E-state index contributed by atoms with van der Waals surface area (Å²) in [4.78, 5) is 3.36. The summed E-state index contributed by atoms with van der Waals surface area (Å²) in [6, 6.07) is 0.995. The first kappa shape index (κ1) is 12.5. The van der Waals surface area contributed by atoms with E-state index in [4.69, 9.17) is 16.6 Å². The molecule has 5 nitrogen and oxygen atoms in total. The molecule has 16 heavy (non-hydrogen) atoms. The number of pyridine rings is 1. The van der Waals surface area contributed by atoms with Crippen LogP contribution in [0.4, 0.5) is 19.0 Å². The SMILES string of the molecule is NCc1cc(OC(F)(F)F)nc(N)c1CO. The summed E-state index contributed by atoms with van der Waals surface area (Å²) in [5.74, 6) is -0.924. The third kappa shape index (κ3) is 2.97. The van der Waals surface area contributed by atoms with E-state index in [1.54, 1.807) is 0 Å². The van der Waals surface area contributed by atoms with Crippen LogP contribution in [0.1, 0.15) is 11.1 Å². The number of alkyl halides is 3. The minimum Gasteiger partial charge on any atom is -0.392 e. The Kier molecular flexibility index (Phi) is 3.55. The van der Waals surface area contributed by atoms with Gasteiger partial charge in [0, 0.05) is 18.2 Å². The van der Waals surface area contributed by atoms with Crippen LogP contribution >= 0.6 is 0 Å². The Labute approximate surface area is 88.8 Å². The first-order valence-electron chi connectivity index (χ1n) is 4.22. The molecule has 0 saturated carbocycles. The van der Waals surface area contributed by atoms with Gasteiger partial charge in [0.1, 0.15) is 5.82 Å². The molecule has 0 atom stereocenters. The number of anilines is 1. The van der Waals surface area contributed by atoms with Gasteiger partial charge in [0.2, 0.25) is 5.88 Å². The molecule has 0 amide bonds. The van der Waals surface area contributed by atoms with Crippen LogP contribution in [0, 0.1) is 0 Å². The fourth-order valence-electron chi connectivity index (χ4n) is 1.15. The number of aliphatic hydroxyl groups excluding tert-OH is 1. The molecule has 0 aromatic carbocycles. The lowest BCUT2D eigenvalue weighted by atomic mass is 10.1. The fraction of sp³-hybridized carbons (Fsp3) is 0.375. The molecule has 0 fully saturated rings. The molecule has 1 rings (SSSR count). The lowest BCUT2D eigenvalue weighted by molar-refractivity contribution is -0.276. The molecule has 0 spiro atoms. The number of halogens is 3. The number of nitrogen functional groups attached to an aromatic ring is 1. The minimum absolute atomic E-state index is 0.0726. The largest absolute Gasteiger partial charge is 0.574 e. The van der Waals surface area contributed by atoms with Crippen molar-refractivity contribution >= 4 is 5.82 Å². The Bertz CT molecular complexity index is 382. The molecule has 0 unspecified atom stereocenters. The Morgan fingerprint density at radius 3 is 2.50 bits per heavy atom. The normalized spacial score (nSPS) is 11.6. The van der Waals surface area contributed by atoms with Gasteiger partial charge >= 0.3 is 6.36 Å². The maximum absolute atomic E-state index is 11.9. The van der Waals surface area contributed by atoms with Crippen LogP contribution in [-0.4, -0.2) is 16.5 Å². The highest BCUT2D eigenvalue weighted by atomic mass is 19.4. The lowest BCUT2D eigenvalue weighted by Crippen LogP contribution is -2.19. The van der Waals surface area contributed by atoms with E-state index in [9.17, 15) is 13.2 Å². The lowest BCUT2D eigenvalue weighted by Gasteiger charge is -2.12. The van der Waals surface area contributed by atoms with Gasteiger partial charge < -0.3 is 21.3 Å². The smallest absolute Gasteiger partial charge is 0.392 e. The quantitative estimate of drug-likeness (QED) is 0.712. The molecule has 0 radical (unpaired) electrons. The zero-order valence-corrected chi connectivity index (χ0v) is 8.08. The fourth-order valence-corrected chi connectivity index (χ4v) is 1.15. The van der Waals surface area contributed by atoms with E-state index in [-0.39, 0.29) is 23.5 Å². The maximum Gasteiger partial charge on any atom is 0.574 e. The number of nitrogens with zero attached hydrogens (tertiary/aromatic N) is 1. The van der Waals surface area contributed by atoms with E-state index < -0.39 is 18.8 Å². The highest BCUT2D eigenvalue weighted by molar-refractivity contribution is 5.47. The van der Waals surface area contributed by atoms with Gasteiger partial charge in [0.25, 0.3) is 0 Å². The second kappa shape index (κ2) is 4.54. The molecule has 1 aromatic heterocycles. The van der Waals surface area contributed by atoms with Crippen molar-refractivity contribution in [3.05, 3.63) is 17.2 Å². The number of nitrogens with two attached hydrogens (primary N) is 2. The average molecular weight is 237 g/mol. The van der Waals surface area contributed by atoms with Crippen molar-refractivity contribution in [3.63, 3.8) is 0 Å². The zero-order chi connectivity index (χ0) is 12.3. The van der Waals surface area contributed by atoms with Gasteiger partial charge in [-0.2, -0.15) is 4.98 Å². The van der Waals surface area contributed by atoms with Crippen molar-refractivity contribution in [1.29, 1.82) is 0 Å². The molecular weight excluding hydrogens is 227 g/mol. The van der Waals surface area contributed by atoms with Crippen LogP contribution in [0.15, 0.2) is 6.07 Å². The van der Waals surface area contributed by atoms with Crippen molar-refractivity contribution in [1.82, 2.24) is 4.98 Å². The summed E-state index contributed by atoms with van der Waals surface area (Å²) in [5.41, 5.74) is 11.1. The van der Waals surface area contributed by atoms with Crippen molar-refractivity contribution in [2.45, 2.75) is 19.5 Å². The second-order valence-electron chi connectivity index (χ2n) is 2.89. The van der Waals surface area contributed by atoms with Crippen LogP contribution in [0.25, 0.3) is 0 Å². The van der Waals surface area contributed by atoms with E-state index in [0.717, 1.165) is 6.07 Å². The zero-order valence-electron chi connectivity index (χ0n) is 8.08. The maximum atomic E-state index is 11.9. The molecule has 0 aliphatic carbocycles. The van der Waals surface area contributed by atoms with Gasteiger partial charge in [-0.15, -0.1) is 13.2 Å². The minimum atomic E-state index is -4.84. The molecule has 0 saturated heterocycles. The second-order valence-corrected chi connectivity index (χ2v) is 2.89.